The topological polar surface area (TPSA) is 34.9 Å². The van der Waals surface area contributed by atoms with E-state index in [0.717, 1.165) is 0 Å². The summed E-state index contributed by atoms with van der Waals surface area (Å²) in [7, 11) is 1.72. The van der Waals surface area contributed by atoms with Crippen LogP contribution in [0.25, 0.3) is 10.9 Å². The molecule has 0 aliphatic heterocycles. The Morgan fingerprint density at radius 2 is 2.14 bits per heavy atom. The van der Waals surface area contributed by atoms with Gasteiger partial charge in [-0.1, -0.05) is 23.2 Å². The second-order valence-electron chi connectivity index (χ2n) is 2.90. The largest absolute Gasteiger partial charge is 0.298 e. The number of hydrogen-bond donors (Lipinski definition) is 0. The van der Waals surface area contributed by atoms with E-state index in [1.165, 1.54) is 4.68 Å². The zero-order valence-corrected chi connectivity index (χ0v) is 8.80. The van der Waals surface area contributed by atoms with Crippen molar-refractivity contribution in [2.45, 2.75) is 0 Å². The van der Waals surface area contributed by atoms with Crippen molar-refractivity contribution in [3.05, 3.63) is 27.9 Å². The van der Waals surface area contributed by atoms with Gasteiger partial charge in [-0.15, -0.1) is 0 Å². The molecule has 0 amide bonds. The van der Waals surface area contributed by atoms with Gasteiger partial charge in [0.05, 0.1) is 15.9 Å². The molecule has 0 saturated heterocycles. The van der Waals surface area contributed by atoms with E-state index in [4.69, 9.17) is 23.2 Å². The quantitative estimate of drug-likeness (QED) is 0.704. The molecular formula is C9H6Cl2N2O. The average Bonchev–Trinajstić information content (AvgIpc) is 2.44. The van der Waals surface area contributed by atoms with Gasteiger partial charge in [-0.3, -0.25) is 9.48 Å². The van der Waals surface area contributed by atoms with Gasteiger partial charge >= 0.3 is 0 Å². The van der Waals surface area contributed by atoms with Gasteiger partial charge in [-0.25, -0.2) is 0 Å². The molecule has 0 fully saturated rings. The molecule has 2 aromatic rings. The highest BCUT2D eigenvalue weighted by molar-refractivity contribution is 6.43. The highest BCUT2D eigenvalue weighted by Gasteiger charge is 2.12. The second-order valence-corrected chi connectivity index (χ2v) is 3.63. The fraction of sp³-hybridized carbons (Fsp3) is 0.111. The lowest BCUT2D eigenvalue weighted by Gasteiger charge is -1.96. The maximum absolute atomic E-state index is 10.6. The van der Waals surface area contributed by atoms with Crippen LogP contribution in [-0.4, -0.2) is 16.1 Å². The fourth-order valence-corrected chi connectivity index (χ4v) is 1.89. The normalized spacial score (nSPS) is 10.8. The zero-order chi connectivity index (χ0) is 10.3. The van der Waals surface area contributed by atoms with Crippen LogP contribution in [0.15, 0.2) is 12.1 Å². The number of carbonyl (C=O) groups excluding carboxylic acids is 1. The van der Waals surface area contributed by atoms with Crippen molar-refractivity contribution in [3.63, 3.8) is 0 Å². The number of rotatable bonds is 1. The van der Waals surface area contributed by atoms with Crippen LogP contribution in [0.5, 0.6) is 0 Å². The zero-order valence-electron chi connectivity index (χ0n) is 7.29. The number of hydrogen-bond acceptors (Lipinski definition) is 2. The maximum Gasteiger partial charge on any atom is 0.151 e. The third-order valence-corrected chi connectivity index (χ3v) is 2.87. The van der Waals surface area contributed by atoms with Gasteiger partial charge in [0.2, 0.25) is 0 Å². The average molecular weight is 229 g/mol. The lowest BCUT2D eigenvalue weighted by atomic mass is 10.2. The molecule has 72 valence electrons. The summed E-state index contributed by atoms with van der Waals surface area (Å²) in [5, 5.41) is 5.55. The van der Waals surface area contributed by atoms with Gasteiger partial charge in [0, 0.05) is 12.6 Å². The van der Waals surface area contributed by atoms with Crippen molar-refractivity contribution in [1.29, 1.82) is 0 Å². The predicted octanol–water partition coefficient (Wildman–Crippen LogP) is 2.69. The first-order valence-electron chi connectivity index (χ1n) is 3.91. The highest BCUT2D eigenvalue weighted by Crippen LogP contribution is 2.31. The van der Waals surface area contributed by atoms with Crippen LogP contribution in [0.1, 0.15) is 10.4 Å². The van der Waals surface area contributed by atoms with Crippen molar-refractivity contribution >= 4 is 40.4 Å². The van der Waals surface area contributed by atoms with Crippen LogP contribution in [-0.2, 0) is 7.05 Å². The van der Waals surface area contributed by atoms with Gasteiger partial charge in [0.1, 0.15) is 5.15 Å². The molecule has 0 aliphatic rings. The molecule has 1 heterocycles. The third-order valence-electron chi connectivity index (χ3n) is 2.02. The number of nitrogens with zero attached hydrogens (tertiary/aromatic N) is 2. The number of halogens is 2. The Bertz CT molecular complexity index is 519. The molecule has 0 spiro atoms. The summed E-state index contributed by atoms with van der Waals surface area (Å²) in [6.45, 7) is 0. The van der Waals surface area contributed by atoms with E-state index in [2.05, 4.69) is 5.10 Å². The molecule has 14 heavy (non-hydrogen) atoms. The molecule has 5 heteroatoms. The lowest BCUT2D eigenvalue weighted by molar-refractivity contribution is 0.112. The molecule has 0 aliphatic carbocycles. The van der Waals surface area contributed by atoms with Crippen LogP contribution >= 0.6 is 23.2 Å². The van der Waals surface area contributed by atoms with Crippen molar-refractivity contribution in [1.82, 2.24) is 9.78 Å². The molecule has 0 N–H and O–H groups in total. The maximum atomic E-state index is 10.6. The van der Waals surface area contributed by atoms with E-state index in [1.807, 2.05) is 0 Å². The van der Waals surface area contributed by atoms with Crippen molar-refractivity contribution in [2.24, 2.45) is 7.05 Å². The van der Waals surface area contributed by atoms with E-state index in [1.54, 1.807) is 19.2 Å². The summed E-state index contributed by atoms with van der Waals surface area (Å²) < 4.78 is 1.52. The number of aromatic nitrogens is 2. The minimum atomic E-state index is 0.357. The Kier molecular flexibility index (Phi) is 2.21. The van der Waals surface area contributed by atoms with Crippen LogP contribution < -0.4 is 0 Å². The number of carbonyl (C=O) groups is 1. The number of aryl methyl sites for hydroxylation is 1. The van der Waals surface area contributed by atoms with Crippen LogP contribution in [0, 0.1) is 0 Å². The van der Waals surface area contributed by atoms with Crippen molar-refractivity contribution < 1.29 is 4.79 Å². The van der Waals surface area contributed by atoms with E-state index < -0.39 is 0 Å². The molecule has 1 aromatic heterocycles. The van der Waals surface area contributed by atoms with Gasteiger partial charge < -0.3 is 0 Å². The summed E-state index contributed by atoms with van der Waals surface area (Å²) in [5.74, 6) is 0. The van der Waals surface area contributed by atoms with Crippen LogP contribution in [0.2, 0.25) is 10.2 Å². The summed E-state index contributed by atoms with van der Waals surface area (Å²) in [5.41, 5.74) is 1.11. The van der Waals surface area contributed by atoms with Crippen LogP contribution in [0.4, 0.5) is 0 Å². The smallest absolute Gasteiger partial charge is 0.151 e. The second kappa shape index (κ2) is 3.26. The molecule has 0 saturated carbocycles. The van der Waals surface area contributed by atoms with Crippen LogP contribution in [0.3, 0.4) is 0 Å². The first-order chi connectivity index (χ1) is 6.65. The van der Waals surface area contributed by atoms with Crippen molar-refractivity contribution in [2.75, 3.05) is 0 Å². The number of fused-ring (bicyclic) bond motifs is 1. The summed E-state index contributed by atoms with van der Waals surface area (Å²) in [4.78, 5) is 10.6. The first kappa shape index (κ1) is 9.49. The van der Waals surface area contributed by atoms with Gasteiger partial charge in [0.15, 0.2) is 6.29 Å². The van der Waals surface area contributed by atoms with E-state index in [9.17, 15) is 4.79 Å². The fourth-order valence-electron chi connectivity index (χ4n) is 1.32. The lowest BCUT2D eigenvalue weighted by Crippen LogP contribution is -1.87. The summed E-state index contributed by atoms with van der Waals surface area (Å²) in [6.07, 6.45) is 0.700. The molecule has 1 aromatic carbocycles. The molecule has 3 nitrogen and oxygen atoms in total. The molecular weight excluding hydrogens is 223 g/mol. The highest BCUT2D eigenvalue weighted by atomic mass is 35.5. The summed E-state index contributed by atoms with van der Waals surface area (Å²) in [6, 6.07) is 3.35. The Balaban J connectivity index is 2.93. The Labute approximate surface area is 90.2 Å². The Morgan fingerprint density at radius 3 is 2.79 bits per heavy atom. The van der Waals surface area contributed by atoms with E-state index >= 15 is 0 Å². The first-order valence-corrected chi connectivity index (χ1v) is 4.66. The summed E-state index contributed by atoms with van der Waals surface area (Å²) >= 11 is 12.0. The molecule has 2 rings (SSSR count). The Hall–Kier alpha value is -1.06. The SMILES string of the molecule is Cn1nc2ccc(C=O)c(Cl)c2c1Cl. The third kappa shape index (κ3) is 1.21. The minimum Gasteiger partial charge on any atom is -0.298 e. The van der Waals surface area contributed by atoms with E-state index in [-0.39, 0.29) is 0 Å². The molecule has 0 bridgehead atoms. The van der Waals surface area contributed by atoms with Gasteiger partial charge in [-0.2, -0.15) is 5.10 Å². The van der Waals surface area contributed by atoms with E-state index in [0.29, 0.717) is 32.9 Å². The standard InChI is InChI=1S/C9H6Cl2N2O/c1-13-9(11)7-6(12-13)3-2-5(4-14)8(7)10/h2-4H,1H3. The predicted molar refractivity (Wildman–Crippen MR) is 56.1 cm³/mol. The Morgan fingerprint density at radius 1 is 1.43 bits per heavy atom. The minimum absolute atomic E-state index is 0.357. The number of aldehydes is 1. The molecule has 0 unspecified atom stereocenters. The molecule has 0 radical (unpaired) electrons. The van der Waals surface area contributed by atoms with Gasteiger partial charge in [0.25, 0.3) is 0 Å². The van der Waals surface area contributed by atoms with Gasteiger partial charge in [-0.05, 0) is 12.1 Å². The monoisotopic (exact) mass is 228 g/mol. The molecule has 0 atom stereocenters. The van der Waals surface area contributed by atoms with Crippen molar-refractivity contribution in [3.8, 4) is 0 Å². The number of benzene rings is 1.